The van der Waals surface area contributed by atoms with Gasteiger partial charge in [-0.15, -0.1) is 0 Å². The molecule has 0 saturated carbocycles. The fraction of sp³-hybridized carbons (Fsp3) is 0.471. The fourth-order valence-electron chi connectivity index (χ4n) is 3.14. The second-order valence-electron chi connectivity index (χ2n) is 6.64. The monoisotopic (exact) mass is 398 g/mol. The molecule has 4 rings (SSSR count). The van der Waals surface area contributed by atoms with Crippen molar-refractivity contribution in [2.24, 2.45) is 0 Å². The standard InChI is InChI=1S/C17H18F4N6O/c18-10-8-27(9-10)14-7-12(23-16(25-14)26-3-5-28-6-4-26)11-1-2-13(22)24-15(11)17(19,20)21/h1-2,7,10H,3-6,8-9H2,(H2,22,24). The summed E-state index contributed by atoms with van der Waals surface area (Å²) in [6.07, 6.45) is -5.68. The summed E-state index contributed by atoms with van der Waals surface area (Å²) >= 11 is 0. The number of morpholine rings is 1. The molecule has 0 unspecified atom stereocenters. The molecule has 2 N–H and O–H groups in total. The van der Waals surface area contributed by atoms with Crippen molar-refractivity contribution in [3.8, 4) is 11.3 Å². The molecular formula is C17H18F4N6O. The molecule has 0 aliphatic carbocycles. The molecule has 2 saturated heterocycles. The van der Waals surface area contributed by atoms with Crippen LogP contribution in [0.15, 0.2) is 18.2 Å². The van der Waals surface area contributed by atoms with Crippen LogP contribution in [0.5, 0.6) is 0 Å². The van der Waals surface area contributed by atoms with Crippen molar-refractivity contribution in [1.82, 2.24) is 15.0 Å². The molecule has 2 fully saturated rings. The molecule has 0 aromatic carbocycles. The lowest BCUT2D eigenvalue weighted by Gasteiger charge is -2.36. The first-order valence-corrected chi connectivity index (χ1v) is 8.76. The SMILES string of the molecule is Nc1ccc(-c2cc(N3CC(F)C3)nc(N3CCOCC3)n2)c(C(F)(F)F)n1. The van der Waals surface area contributed by atoms with Crippen molar-refractivity contribution in [3.05, 3.63) is 23.9 Å². The van der Waals surface area contributed by atoms with Crippen molar-refractivity contribution in [2.75, 3.05) is 54.9 Å². The van der Waals surface area contributed by atoms with E-state index in [-0.39, 0.29) is 36.1 Å². The number of rotatable bonds is 3. The summed E-state index contributed by atoms with van der Waals surface area (Å²) in [6.45, 7) is 2.25. The first-order chi connectivity index (χ1) is 13.3. The highest BCUT2D eigenvalue weighted by Crippen LogP contribution is 2.37. The molecule has 0 bridgehead atoms. The van der Waals surface area contributed by atoms with E-state index in [2.05, 4.69) is 15.0 Å². The molecule has 150 valence electrons. The van der Waals surface area contributed by atoms with Gasteiger partial charge in [-0.25, -0.2) is 14.4 Å². The summed E-state index contributed by atoms with van der Waals surface area (Å²) in [5, 5.41) is 0. The summed E-state index contributed by atoms with van der Waals surface area (Å²) in [6, 6.07) is 3.97. The van der Waals surface area contributed by atoms with Crippen molar-refractivity contribution in [1.29, 1.82) is 0 Å². The number of hydrogen-bond acceptors (Lipinski definition) is 7. The van der Waals surface area contributed by atoms with Gasteiger partial charge in [-0.2, -0.15) is 18.2 Å². The van der Waals surface area contributed by atoms with E-state index >= 15 is 0 Å². The number of hydrogen-bond donors (Lipinski definition) is 1. The quantitative estimate of drug-likeness (QED) is 0.794. The fourth-order valence-corrected chi connectivity index (χ4v) is 3.14. The average molecular weight is 398 g/mol. The zero-order chi connectivity index (χ0) is 19.9. The van der Waals surface area contributed by atoms with Crippen LogP contribution in [0.3, 0.4) is 0 Å². The number of pyridine rings is 1. The molecule has 2 aromatic heterocycles. The van der Waals surface area contributed by atoms with Crippen molar-refractivity contribution >= 4 is 17.6 Å². The number of halogens is 4. The van der Waals surface area contributed by atoms with E-state index in [4.69, 9.17) is 10.5 Å². The van der Waals surface area contributed by atoms with Gasteiger partial charge in [-0.05, 0) is 12.1 Å². The van der Waals surface area contributed by atoms with Gasteiger partial charge in [0, 0.05) is 24.7 Å². The van der Waals surface area contributed by atoms with Crippen LogP contribution in [0.25, 0.3) is 11.3 Å². The summed E-state index contributed by atoms with van der Waals surface area (Å²) in [7, 11) is 0. The largest absolute Gasteiger partial charge is 0.434 e. The van der Waals surface area contributed by atoms with Crippen LogP contribution in [-0.4, -0.2) is 60.5 Å². The summed E-state index contributed by atoms with van der Waals surface area (Å²) in [4.78, 5) is 15.8. The second-order valence-corrected chi connectivity index (χ2v) is 6.64. The maximum atomic E-state index is 13.5. The topological polar surface area (TPSA) is 80.4 Å². The van der Waals surface area contributed by atoms with Crippen molar-refractivity contribution in [3.63, 3.8) is 0 Å². The minimum Gasteiger partial charge on any atom is -0.384 e. The van der Waals surface area contributed by atoms with Gasteiger partial charge in [0.15, 0.2) is 5.69 Å². The summed E-state index contributed by atoms with van der Waals surface area (Å²) in [5.41, 5.74) is 4.21. The molecule has 0 radical (unpaired) electrons. The van der Waals surface area contributed by atoms with E-state index < -0.39 is 18.0 Å². The average Bonchev–Trinajstić information content (AvgIpc) is 2.65. The Hall–Kier alpha value is -2.69. The van der Waals surface area contributed by atoms with Gasteiger partial charge in [0.05, 0.1) is 32.0 Å². The van der Waals surface area contributed by atoms with Crippen molar-refractivity contribution < 1.29 is 22.3 Å². The number of alkyl halides is 4. The number of anilines is 3. The second kappa shape index (κ2) is 7.04. The third kappa shape index (κ3) is 3.66. The van der Waals surface area contributed by atoms with Gasteiger partial charge in [0.25, 0.3) is 0 Å². The highest BCUT2D eigenvalue weighted by Gasteiger charge is 2.37. The zero-order valence-electron chi connectivity index (χ0n) is 14.8. The molecule has 0 spiro atoms. The first kappa shape index (κ1) is 18.7. The Morgan fingerprint density at radius 2 is 1.75 bits per heavy atom. The normalized spacial score (nSPS) is 18.3. The summed E-state index contributed by atoms with van der Waals surface area (Å²) < 4.78 is 59.1. The lowest BCUT2D eigenvalue weighted by atomic mass is 10.1. The van der Waals surface area contributed by atoms with Crippen LogP contribution in [0, 0.1) is 0 Å². The van der Waals surface area contributed by atoms with Gasteiger partial charge in [-0.3, -0.25) is 0 Å². The predicted octanol–water partition coefficient (Wildman–Crippen LogP) is 2.13. The van der Waals surface area contributed by atoms with E-state index in [0.29, 0.717) is 32.1 Å². The van der Waals surface area contributed by atoms with Gasteiger partial charge in [0.1, 0.15) is 17.8 Å². The first-order valence-electron chi connectivity index (χ1n) is 8.76. The van der Waals surface area contributed by atoms with Crippen LogP contribution >= 0.6 is 0 Å². The van der Waals surface area contributed by atoms with E-state index in [1.165, 1.54) is 18.2 Å². The van der Waals surface area contributed by atoms with E-state index in [0.717, 1.165) is 0 Å². The van der Waals surface area contributed by atoms with Crippen LogP contribution in [0.4, 0.5) is 35.1 Å². The maximum absolute atomic E-state index is 13.5. The van der Waals surface area contributed by atoms with Crippen LogP contribution in [0.1, 0.15) is 5.69 Å². The number of nitrogens with zero attached hydrogens (tertiary/aromatic N) is 5. The number of ether oxygens (including phenoxy) is 1. The zero-order valence-corrected chi connectivity index (χ0v) is 14.8. The third-order valence-electron chi connectivity index (χ3n) is 4.62. The van der Waals surface area contributed by atoms with Gasteiger partial charge < -0.3 is 20.3 Å². The molecule has 0 amide bonds. The van der Waals surface area contributed by atoms with Crippen molar-refractivity contribution in [2.45, 2.75) is 12.3 Å². The Morgan fingerprint density at radius 3 is 2.39 bits per heavy atom. The molecule has 11 heteroatoms. The molecule has 2 aliphatic heterocycles. The number of aromatic nitrogens is 3. The van der Waals surface area contributed by atoms with Gasteiger partial charge in [-0.1, -0.05) is 0 Å². The molecule has 28 heavy (non-hydrogen) atoms. The lowest BCUT2D eigenvalue weighted by Crippen LogP contribution is -2.49. The van der Waals surface area contributed by atoms with Gasteiger partial charge in [0.2, 0.25) is 5.95 Å². The Balaban J connectivity index is 1.81. The Bertz CT molecular complexity index is 865. The van der Waals surface area contributed by atoms with Crippen LogP contribution in [-0.2, 0) is 10.9 Å². The Kier molecular flexibility index (Phi) is 4.69. The predicted molar refractivity (Wildman–Crippen MR) is 94.8 cm³/mol. The number of nitrogen functional groups attached to an aromatic ring is 1. The Labute approximate surface area is 158 Å². The highest BCUT2D eigenvalue weighted by atomic mass is 19.4. The Morgan fingerprint density at radius 1 is 1.04 bits per heavy atom. The smallest absolute Gasteiger partial charge is 0.384 e. The molecular weight excluding hydrogens is 380 g/mol. The van der Waals surface area contributed by atoms with Crippen LogP contribution < -0.4 is 15.5 Å². The lowest BCUT2D eigenvalue weighted by molar-refractivity contribution is -0.140. The minimum absolute atomic E-state index is 0.0635. The molecule has 2 aliphatic rings. The van der Waals surface area contributed by atoms with Gasteiger partial charge >= 0.3 is 6.18 Å². The minimum atomic E-state index is -4.70. The third-order valence-corrected chi connectivity index (χ3v) is 4.62. The molecule has 2 aromatic rings. The van der Waals surface area contributed by atoms with E-state index in [9.17, 15) is 17.6 Å². The maximum Gasteiger partial charge on any atom is 0.434 e. The van der Waals surface area contributed by atoms with Crippen LogP contribution in [0.2, 0.25) is 0 Å². The summed E-state index contributed by atoms with van der Waals surface area (Å²) in [5.74, 6) is 0.426. The van der Waals surface area contributed by atoms with E-state index in [1.807, 2.05) is 4.90 Å². The number of nitrogens with two attached hydrogens (primary N) is 1. The van der Waals surface area contributed by atoms with E-state index in [1.54, 1.807) is 4.90 Å². The molecule has 7 nitrogen and oxygen atoms in total. The highest BCUT2D eigenvalue weighted by molar-refractivity contribution is 5.69. The molecule has 0 atom stereocenters. The molecule has 4 heterocycles.